The Bertz CT molecular complexity index is 981. The van der Waals surface area contributed by atoms with Gasteiger partial charge in [0.05, 0.1) is 23.6 Å². The van der Waals surface area contributed by atoms with Gasteiger partial charge in [0.2, 0.25) is 0 Å². The molecule has 3 aromatic rings. The van der Waals surface area contributed by atoms with Crippen molar-refractivity contribution in [1.82, 2.24) is 10.3 Å². The van der Waals surface area contributed by atoms with Crippen molar-refractivity contribution in [2.24, 2.45) is 0 Å². The van der Waals surface area contributed by atoms with E-state index in [2.05, 4.69) is 15.0 Å². The molecule has 0 saturated heterocycles. The van der Waals surface area contributed by atoms with E-state index in [-0.39, 0.29) is 18.5 Å². The van der Waals surface area contributed by atoms with Crippen LogP contribution in [-0.4, -0.2) is 29.1 Å². The third-order valence-electron chi connectivity index (χ3n) is 4.40. The summed E-state index contributed by atoms with van der Waals surface area (Å²) in [6.07, 6.45) is -0.118. The van der Waals surface area contributed by atoms with E-state index in [4.69, 9.17) is 23.2 Å². The Kier molecular flexibility index (Phi) is 5.93. The summed E-state index contributed by atoms with van der Waals surface area (Å²) >= 11 is 12.0. The van der Waals surface area contributed by atoms with E-state index in [0.29, 0.717) is 26.5 Å². The molecule has 0 aliphatic heterocycles. The lowest BCUT2D eigenvalue weighted by atomic mass is 9.97. The molecule has 146 valence electrons. The Hall–Kier alpha value is -2.54. The molecule has 0 fully saturated rings. The van der Waals surface area contributed by atoms with Crippen molar-refractivity contribution in [3.63, 3.8) is 0 Å². The number of aliphatic hydroxyl groups is 1. The summed E-state index contributed by atoms with van der Waals surface area (Å²) in [7, 11) is 1.27. The molecule has 1 atom stereocenters. The molecule has 0 bridgehead atoms. The predicted octanol–water partition coefficient (Wildman–Crippen LogP) is 4.00. The molecule has 0 saturated carbocycles. The van der Waals surface area contributed by atoms with E-state index in [9.17, 15) is 14.7 Å². The van der Waals surface area contributed by atoms with Crippen molar-refractivity contribution < 1.29 is 19.4 Å². The van der Waals surface area contributed by atoms with Gasteiger partial charge >= 0.3 is 5.97 Å². The first-order valence-corrected chi connectivity index (χ1v) is 9.23. The second-order valence-electron chi connectivity index (χ2n) is 6.29. The zero-order valence-corrected chi connectivity index (χ0v) is 16.5. The lowest BCUT2D eigenvalue weighted by Gasteiger charge is -2.29. The number of ether oxygens (including phenoxy) is 1. The zero-order valence-electron chi connectivity index (χ0n) is 15.0. The molecule has 28 heavy (non-hydrogen) atoms. The number of H-pyrrole nitrogens is 1. The summed E-state index contributed by atoms with van der Waals surface area (Å²) in [5.74, 6) is -1.03. The van der Waals surface area contributed by atoms with Gasteiger partial charge in [-0.25, -0.2) is 0 Å². The molecule has 0 radical (unpaired) electrons. The summed E-state index contributed by atoms with van der Waals surface area (Å²) in [6.45, 7) is 0. The van der Waals surface area contributed by atoms with Crippen LogP contribution < -0.4 is 5.32 Å². The van der Waals surface area contributed by atoms with Gasteiger partial charge in [0.1, 0.15) is 5.69 Å². The van der Waals surface area contributed by atoms with Crippen LogP contribution in [0.3, 0.4) is 0 Å². The topological polar surface area (TPSA) is 91.4 Å². The molecular formula is C20H18Cl2N2O4. The molecule has 0 aliphatic carbocycles. The second-order valence-corrected chi connectivity index (χ2v) is 7.11. The molecule has 1 aromatic heterocycles. The second kappa shape index (κ2) is 8.22. The average Bonchev–Trinajstić information content (AvgIpc) is 3.10. The van der Waals surface area contributed by atoms with E-state index in [1.165, 1.54) is 7.11 Å². The number of nitrogens with one attached hydrogen (secondary N) is 2. The van der Waals surface area contributed by atoms with Gasteiger partial charge in [0.25, 0.3) is 5.91 Å². The van der Waals surface area contributed by atoms with Crippen LogP contribution in [0.25, 0.3) is 10.9 Å². The van der Waals surface area contributed by atoms with Gasteiger partial charge in [-0.2, -0.15) is 0 Å². The van der Waals surface area contributed by atoms with Crippen LogP contribution in [0.2, 0.25) is 10.0 Å². The van der Waals surface area contributed by atoms with Gasteiger partial charge in [-0.15, -0.1) is 0 Å². The van der Waals surface area contributed by atoms with E-state index in [0.717, 1.165) is 0 Å². The van der Waals surface area contributed by atoms with Crippen molar-refractivity contribution in [2.45, 2.75) is 18.6 Å². The van der Waals surface area contributed by atoms with E-state index in [1.54, 1.807) is 48.5 Å². The fourth-order valence-corrected chi connectivity index (χ4v) is 3.22. The highest BCUT2D eigenvalue weighted by atomic mass is 35.5. The van der Waals surface area contributed by atoms with Crippen LogP contribution in [0.4, 0.5) is 0 Å². The minimum atomic E-state index is -1.75. The number of halogens is 2. The summed E-state index contributed by atoms with van der Waals surface area (Å²) in [6, 6.07) is 13.5. The highest BCUT2D eigenvalue weighted by molar-refractivity contribution is 6.42. The summed E-state index contributed by atoms with van der Waals surface area (Å²) in [5.41, 5.74) is -0.438. The smallest absolute Gasteiger partial charge is 0.305 e. The number of esters is 1. The largest absolute Gasteiger partial charge is 0.469 e. The Morgan fingerprint density at radius 2 is 1.82 bits per heavy atom. The van der Waals surface area contributed by atoms with Crippen molar-refractivity contribution in [3.05, 3.63) is 69.8 Å². The number of rotatable bonds is 6. The Balaban J connectivity index is 1.89. The fourth-order valence-electron chi connectivity index (χ4n) is 2.88. The maximum absolute atomic E-state index is 12.8. The van der Waals surface area contributed by atoms with Gasteiger partial charge in [-0.3, -0.25) is 9.59 Å². The molecule has 2 aromatic carbocycles. The van der Waals surface area contributed by atoms with Gasteiger partial charge in [-0.1, -0.05) is 53.5 Å². The number of methoxy groups -OCH3 is 1. The number of fused-ring (bicyclic) bond motifs is 1. The molecular weight excluding hydrogens is 403 g/mol. The molecule has 1 unspecified atom stereocenters. The maximum atomic E-state index is 12.8. The van der Waals surface area contributed by atoms with Crippen LogP contribution >= 0.6 is 23.2 Å². The normalized spacial score (nSPS) is 13.1. The molecule has 1 amide bonds. The molecule has 3 N–H and O–H groups in total. The SMILES string of the molecule is COC(=O)CCC(O)(NC(=O)c1cc2cc(Cl)c(Cl)cc2[nH]1)c1ccccc1. The number of aromatic nitrogens is 1. The van der Waals surface area contributed by atoms with Crippen molar-refractivity contribution in [3.8, 4) is 0 Å². The molecule has 6 nitrogen and oxygen atoms in total. The first-order chi connectivity index (χ1) is 13.3. The zero-order chi connectivity index (χ0) is 20.3. The maximum Gasteiger partial charge on any atom is 0.305 e. The Morgan fingerprint density at radius 3 is 2.50 bits per heavy atom. The first-order valence-electron chi connectivity index (χ1n) is 8.47. The van der Waals surface area contributed by atoms with Crippen LogP contribution in [0.1, 0.15) is 28.9 Å². The van der Waals surface area contributed by atoms with E-state index in [1.807, 2.05) is 0 Å². The number of hydrogen-bond acceptors (Lipinski definition) is 4. The molecule has 8 heteroatoms. The Labute approximate surface area is 171 Å². The minimum absolute atomic E-state index is 0.0483. The monoisotopic (exact) mass is 420 g/mol. The van der Waals surface area contributed by atoms with Gasteiger partial charge in [-0.05, 0) is 18.2 Å². The number of carbonyl (C=O) groups excluding carboxylic acids is 2. The summed E-state index contributed by atoms with van der Waals surface area (Å²) in [5, 5.41) is 15.2. The third-order valence-corrected chi connectivity index (χ3v) is 5.12. The van der Waals surface area contributed by atoms with Gasteiger partial charge in [0, 0.05) is 22.9 Å². The molecule has 0 aliphatic rings. The molecule has 0 spiro atoms. The third kappa shape index (κ3) is 4.30. The van der Waals surface area contributed by atoms with Crippen LogP contribution in [0.15, 0.2) is 48.5 Å². The highest BCUT2D eigenvalue weighted by Crippen LogP contribution is 2.29. The molecule has 1 heterocycles. The lowest BCUT2D eigenvalue weighted by Crippen LogP contribution is -2.46. The lowest BCUT2D eigenvalue weighted by molar-refractivity contribution is -0.142. The standard InChI is InChI=1S/C20H18Cl2N2O4/c1-28-18(25)7-8-20(27,13-5-3-2-4-6-13)24-19(26)17-10-12-9-14(21)15(22)11-16(12)23-17/h2-6,9-11,23,27H,7-8H2,1H3,(H,24,26). The van der Waals surface area contributed by atoms with Crippen molar-refractivity contribution >= 4 is 46.0 Å². The first kappa shape index (κ1) is 20.2. The predicted molar refractivity (Wildman–Crippen MR) is 107 cm³/mol. The van der Waals surface area contributed by atoms with E-state index >= 15 is 0 Å². The number of aromatic amines is 1. The van der Waals surface area contributed by atoms with Gasteiger partial charge in [0.15, 0.2) is 5.72 Å². The van der Waals surface area contributed by atoms with Crippen LogP contribution in [0, 0.1) is 0 Å². The van der Waals surface area contributed by atoms with Crippen molar-refractivity contribution in [2.75, 3.05) is 7.11 Å². The van der Waals surface area contributed by atoms with Gasteiger partial charge < -0.3 is 20.1 Å². The summed E-state index contributed by atoms with van der Waals surface area (Å²) in [4.78, 5) is 27.3. The number of carbonyl (C=O) groups is 2. The van der Waals surface area contributed by atoms with Crippen LogP contribution in [0.5, 0.6) is 0 Å². The van der Waals surface area contributed by atoms with Crippen molar-refractivity contribution in [1.29, 1.82) is 0 Å². The number of benzene rings is 2. The molecule has 3 rings (SSSR count). The Morgan fingerprint density at radius 1 is 1.14 bits per heavy atom. The van der Waals surface area contributed by atoms with E-state index < -0.39 is 17.6 Å². The average molecular weight is 421 g/mol. The number of hydrogen-bond donors (Lipinski definition) is 3. The van der Waals surface area contributed by atoms with Crippen LogP contribution in [-0.2, 0) is 15.3 Å². The number of amides is 1. The quantitative estimate of drug-likeness (QED) is 0.415. The highest BCUT2D eigenvalue weighted by Gasteiger charge is 2.32. The fraction of sp³-hybridized carbons (Fsp3) is 0.200. The summed E-state index contributed by atoms with van der Waals surface area (Å²) < 4.78 is 4.64. The minimum Gasteiger partial charge on any atom is -0.469 e.